The fourth-order valence-corrected chi connectivity index (χ4v) is 4.40. The van der Waals surface area contributed by atoms with Crippen LogP contribution in [0.1, 0.15) is 5.56 Å². The van der Waals surface area contributed by atoms with Crippen molar-refractivity contribution in [2.24, 2.45) is 0 Å². The van der Waals surface area contributed by atoms with Gasteiger partial charge in [-0.05, 0) is 52.7 Å². The normalized spacial score (nSPS) is 11.4. The maximum atomic E-state index is 12.5. The highest BCUT2D eigenvalue weighted by atomic mass is 79.9. The van der Waals surface area contributed by atoms with Gasteiger partial charge in [-0.2, -0.15) is 0 Å². The summed E-state index contributed by atoms with van der Waals surface area (Å²) in [5.74, 6) is 0. The molecule has 4 nitrogen and oxygen atoms in total. The third-order valence-electron chi connectivity index (χ3n) is 2.85. The number of halogens is 3. The summed E-state index contributed by atoms with van der Waals surface area (Å²) >= 11 is 12.5. The van der Waals surface area contributed by atoms with Gasteiger partial charge in [0.05, 0.1) is 20.1 Å². The minimum absolute atomic E-state index is 0.112. The number of sulfonamides is 1. The van der Waals surface area contributed by atoms with E-state index in [0.717, 1.165) is 0 Å². The molecule has 8 heteroatoms. The summed E-state index contributed by atoms with van der Waals surface area (Å²) in [6, 6.07) is 8.10. The lowest BCUT2D eigenvalue weighted by atomic mass is 10.2. The minimum atomic E-state index is -3.78. The van der Waals surface area contributed by atoms with Crippen molar-refractivity contribution in [3.8, 4) is 0 Å². The van der Waals surface area contributed by atoms with Crippen LogP contribution in [0.4, 0.5) is 11.4 Å². The summed E-state index contributed by atoms with van der Waals surface area (Å²) in [6.45, 7) is 1.66. The van der Waals surface area contributed by atoms with Crippen molar-refractivity contribution in [1.82, 2.24) is 0 Å². The van der Waals surface area contributed by atoms with E-state index in [0.29, 0.717) is 30.9 Å². The highest BCUT2D eigenvalue weighted by Crippen LogP contribution is 2.33. The summed E-state index contributed by atoms with van der Waals surface area (Å²) in [7, 11) is -3.78. The molecule has 0 aliphatic rings. The number of rotatable bonds is 3. The number of hydrogen-bond acceptors (Lipinski definition) is 3. The van der Waals surface area contributed by atoms with Crippen LogP contribution in [-0.2, 0) is 10.0 Å². The third kappa shape index (κ3) is 3.53. The standard InChI is InChI=1S/C13H11Br2ClN2O2S/c1-7-10(17)5-8(14)6-12(7)21(19,20)18-11-4-2-3-9(16)13(11)15/h2-6,18H,17H2,1H3. The molecular weight excluding hydrogens is 443 g/mol. The van der Waals surface area contributed by atoms with Crippen LogP contribution in [0.15, 0.2) is 44.2 Å². The first-order chi connectivity index (χ1) is 9.72. The van der Waals surface area contributed by atoms with Gasteiger partial charge in [-0.3, -0.25) is 4.72 Å². The lowest BCUT2D eigenvalue weighted by Gasteiger charge is -2.14. The Morgan fingerprint density at radius 1 is 1.24 bits per heavy atom. The molecule has 0 saturated carbocycles. The summed E-state index contributed by atoms with van der Waals surface area (Å²) < 4.78 is 28.7. The molecule has 0 heterocycles. The molecule has 0 saturated heterocycles. The first kappa shape index (κ1) is 16.6. The second-order valence-electron chi connectivity index (χ2n) is 4.33. The molecule has 2 aromatic carbocycles. The molecule has 0 bridgehead atoms. The van der Waals surface area contributed by atoms with Crippen molar-refractivity contribution in [3.05, 3.63) is 49.9 Å². The first-order valence-electron chi connectivity index (χ1n) is 5.75. The SMILES string of the molecule is Cc1c(N)cc(Br)cc1S(=O)(=O)Nc1cccc(Cl)c1Br. The van der Waals surface area contributed by atoms with Crippen LogP contribution in [0.5, 0.6) is 0 Å². The van der Waals surface area contributed by atoms with E-state index in [2.05, 4.69) is 36.6 Å². The minimum Gasteiger partial charge on any atom is -0.398 e. The highest BCUT2D eigenvalue weighted by molar-refractivity contribution is 9.11. The Hall–Kier alpha value is -0.760. The highest BCUT2D eigenvalue weighted by Gasteiger charge is 2.20. The van der Waals surface area contributed by atoms with Gasteiger partial charge >= 0.3 is 0 Å². The Kier molecular flexibility index (Phi) is 4.87. The van der Waals surface area contributed by atoms with E-state index >= 15 is 0 Å². The van der Waals surface area contributed by atoms with Crippen LogP contribution in [0, 0.1) is 6.92 Å². The molecule has 2 aromatic rings. The van der Waals surface area contributed by atoms with E-state index < -0.39 is 10.0 Å². The van der Waals surface area contributed by atoms with Gasteiger partial charge in [0.25, 0.3) is 10.0 Å². The van der Waals surface area contributed by atoms with Crippen molar-refractivity contribution >= 4 is 64.9 Å². The van der Waals surface area contributed by atoms with Crippen molar-refractivity contribution in [2.75, 3.05) is 10.5 Å². The molecule has 0 unspecified atom stereocenters. The fourth-order valence-electron chi connectivity index (χ4n) is 1.74. The van der Waals surface area contributed by atoms with Crippen molar-refractivity contribution in [2.45, 2.75) is 11.8 Å². The zero-order valence-corrected chi connectivity index (χ0v) is 15.6. The molecular formula is C13H11Br2ClN2O2S. The monoisotopic (exact) mass is 452 g/mol. The van der Waals surface area contributed by atoms with Crippen LogP contribution < -0.4 is 10.5 Å². The predicted molar refractivity (Wildman–Crippen MR) is 93.3 cm³/mol. The Balaban J connectivity index is 2.51. The topological polar surface area (TPSA) is 72.2 Å². The average Bonchev–Trinajstić information content (AvgIpc) is 2.39. The van der Waals surface area contributed by atoms with E-state index in [1.165, 1.54) is 6.07 Å². The molecule has 0 aliphatic carbocycles. The van der Waals surface area contributed by atoms with Crippen LogP contribution in [0.3, 0.4) is 0 Å². The lowest BCUT2D eigenvalue weighted by molar-refractivity contribution is 0.600. The van der Waals surface area contributed by atoms with E-state index in [4.69, 9.17) is 17.3 Å². The van der Waals surface area contributed by atoms with Gasteiger partial charge in [0, 0.05) is 10.2 Å². The summed E-state index contributed by atoms with van der Waals surface area (Å²) in [5, 5.41) is 0.417. The third-order valence-corrected chi connectivity index (χ3v) is 6.20. The van der Waals surface area contributed by atoms with Gasteiger partial charge in [-0.25, -0.2) is 8.42 Å². The second kappa shape index (κ2) is 6.16. The van der Waals surface area contributed by atoms with E-state index in [1.54, 1.807) is 31.2 Å². The molecule has 0 atom stereocenters. The van der Waals surface area contributed by atoms with Crippen LogP contribution in [0.25, 0.3) is 0 Å². The first-order valence-corrected chi connectivity index (χ1v) is 9.19. The van der Waals surface area contributed by atoms with Crippen molar-refractivity contribution in [3.63, 3.8) is 0 Å². The lowest BCUT2D eigenvalue weighted by Crippen LogP contribution is -2.15. The van der Waals surface area contributed by atoms with Gasteiger partial charge in [-0.15, -0.1) is 0 Å². The molecule has 0 fully saturated rings. The zero-order valence-electron chi connectivity index (χ0n) is 10.8. The number of hydrogen-bond donors (Lipinski definition) is 2. The Labute approximate surface area is 145 Å². The smallest absolute Gasteiger partial charge is 0.262 e. The summed E-state index contributed by atoms with van der Waals surface area (Å²) in [5.41, 5.74) is 7.06. The summed E-state index contributed by atoms with van der Waals surface area (Å²) in [4.78, 5) is 0.112. The number of anilines is 2. The largest absolute Gasteiger partial charge is 0.398 e. The van der Waals surface area contributed by atoms with Gasteiger partial charge in [-0.1, -0.05) is 33.6 Å². The van der Waals surface area contributed by atoms with Gasteiger partial charge in [0.1, 0.15) is 0 Å². The molecule has 0 spiro atoms. The molecule has 3 N–H and O–H groups in total. The fraction of sp³-hybridized carbons (Fsp3) is 0.0769. The van der Waals surface area contributed by atoms with E-state index in [9.17, 15) is 8.42 Å². The quantitative estimate of drug-likeness (QED) is 0.668. The van der Waals surface area contributed by atoms with Crippen molar-refractivity contribution in [1.29, 1.82) is 0 Å². The molecule has 0 aromatic heterocycles. The molecule has 0 amide bonds. The van der Waals surface area contributed by atoms with Gasteiger partial charge in [0.2, 0.25) is 0 Å². The van der Waals surface area contributed by atoms with E-state index in [-0.39, 0.29) is 4.90 Å². The summed E-state index contributed by atoms with van der Waals surface area (Å²) in [6.07, 6.45) is 0. The number of benzene rings is 2. The Bertz CT molecular complexity index is 810. The average molecular weight is 455 g/mol. The molecule has 2 rings (SSSR count). The second-order valence-corrected chi connectivity index (χ2v) is 8.09. The molecule has 0 aliphatic heterocycles. The zero-order chi connectivity index (χ0) is 15.8. The Morgan fingerprint density at radius 3 is 2.57 bits per heavy atom. The maximum absolute atomic E-state index is 12.5. The van der Waals surface area contributed by atoms with Gasteiger partial charge < -0.3 is 5.73 Å². The molecule has 0 radical (unpaired) electrons. The Morgan fingerprint density at radius 2 is 1.90 bits per heavy atom. The van der Waals surface area contributed by atoms with Crippen LogP contribution >= 0.6 is 43.5 Å². The van der Waals surface area contributed by atoms with Gasteiger partial charge in [0.15, 0.2) is 0 Å². The van der Waals surface area contributed by atoms with Crippen LogP contribution in [0.2, 0.25) is 5.02 Å². The van der Waals surface area contributed by atoms with Crippen LogP contribution in [-0.4, -0.2) is 8.42 Å². The maximum Gasteiger partial charge on any atom is 0.262 e. The number of nitrogens with two attached hydrogens (primary N) is 1. The predicted octanol–water partition coefficient (Wildman–Crippen LogP) is 4.56. The molecule has 112 valence electrons. The number of nitrogen functional groups attached to an aromatic ring is 1. The van der Waals surface area contributed by atoms with E-state index in [1.807, 2.05) is 0 Å². The number of nitrogens with one attached hydrogen (secondary N) is 1. The molecule has 21 heavy (non-hydrogen) atoms. The van der Waals surface area contributed by atoms with Crippen molar-refractivity contribution < 1.29 is 8.42 Å².